The van der Waals surface area contributed by atoms with Crippen LogP contribution in [0.25, 0.3) is 0 Å². The zero-order valence-electron chi connectivity index (χ0n) is 14.6. The van der Waals surface area contributed by atoms with Crippen molar-refractivity contribution in [1.29, 1.82) is 0 Å². The number of aromatic nitrogens is 3. The predicted octanol–water partition coefficient (Wildman–Crippen LogP) is 2.20. The molecule has 0 saturated carbocycles. The van der Waals surface area contributed by atoms with Crippen molar-refractivity contribution in [1.82, 2.24) is 25.4 Å². The molecular formula is C18H25N5OS. The second-order valence-electron chi connectivity index (χ2n) is 6.59. The lowest BCUT2D eigenvalue weighted by Crippen LogP contribution is -2.38. The van der Waals surface area contributed by atoms with Gasteiger partial charge < -0.3 is 5.32 Å². The van der Waals surface area contributed by atoms with Crippen LogP contribution in [-0.4, -0.2) is 45.6 Å². The van der Waals surface area contributed by atoms with Crippen LogP contribution in [0.4, 0.5) is 0 Å². The average molecular weight is 359 g/mol. The van der Waals surface area contributed by atoms with Gasteiger partial charge in [0.1, 0.15) is 10.0 Å². The third-order valence-electron chi connectivity index (χ3n) is 4.61. The summed E-state index contributed by atoms with van der Waals surface area (Å²) in [4.78, 5) is 18.4. The van der Waals surface area contributed by atoms with Gasteiger partial charge >= 0.3 is 0 Å². The van der Waals surface area contributed by atoms with Gasteiger partial charge in [-0.2, -0.15) is 0 Å². The first-order chi connectivity index (χ1) is 12.2. The monoisotopic (exact) mass is 359 g/mol. The minimum Gasteiger partial charge on any atom is -0.356 e. The standard InChI is InChI=1S/C18H25N5OS/c1-14-21-22-18(25-14)13-23-10-6-16(7-11-23)12-20-17(24)3-2-15-4-8-19-9-5-15/h4-5,8-9,16H,2-3,6-7,10-13H2,1H3,(H,20,24). The number of carbonyl (C=O) groups is 1. The number of hydrogen-bond acceptors (Lipinski definition) is 6. The van der Waals surface area contributed by atoms with E-state index in [2.05, 4.69) is 25.4 Å². The Morgan fingerprint density at radius 3 is 2.72 bits per heavy atom. The fourth-order valence-electron chi connectivity index (χ4n) is 3.10. The van der Waals surface area contributed by atoms with Gasteiger partial charge in [-0.05, 0) is 62.9 Å². The molecule has 1 aliphatic heterocycles. The van der Waals surface area contributed by atoms with Crippen LogP contribution in [0, 0.1) is 12.8 Å². The van der Waals surface area contributed by atoms with Crippen LogP contribution in [0.5, 0.6) is 0 Å². The number of carbonyl (C=O) groups excluding carboxylic acids is 1. The van der Waals surface area contributed by atoms with Crippen LogP contribution in [0.1, 0.15) is 34.8 Å². The fraction of sp³-hybridized carbons (Fsp3) is 0.556. The van der Waals surface area contributed by atoms with E-state index in [1.54, 1.807) is 23.7 Å². The van der Waals surface area contributed by atoms with E-state index in [1.165, 1.54) is 0 Å². The Kier molecular flexibility index (Phi) is 6.47. The van der Waals surface area contributed by atoms with Crippen LogP contribution >= 0.6 is 11.3 Å². The predicted molar refractivity (Wildman–Crippen MR) is 98.2 cm³/mol. The highest BCUT2D eigenvalue weighted by atomic mass is 32.1. The first-order valence-electron chi connectivity index (χ1n) is 8.86. The lowest BCUT2D eigenvalue weighted by atomic mass is 9.96. The maximum Gasteiger partial charge on any atom is 0.220 e. The zero-order chi connectivity index (χ0) is 17.5. The Morgan fingerprint density at radius 1 is 1.28 bits per heavy atom. The van der Waals surface area contributed by atoms with Crippen molar-refractivity contribution in [3.63, 3.8) is 0 Å². The van der Waals surface area contributed by atoms with E-state index in [0.29, 0.717) is 12.3 Å². The third-order valence-corrected chi connectivity index (χ3v) is 5.44. The molecule has 25 heavy (non-hydrogen) atoms. The fourth-order valence-corrected chi connectivity index (χ4v) is 3.85. The van der Waals surface area contributed by atoms with Crippen molar-refractivity contribution in [3.8, 4) is 0 Å². The van der Waals surface area contributed by atoms with E-state index in [9.17, 15) is 4.79 Å². The number of nitrogens with one attached hydrogen (secondary N) is 1. The summed E-state index contributed by atoms with van der Waals surface area (Å²) in [5.41, 5.74) is 1.16. The number of amides is 1. The van der Waals surface area contributed by atoms with Gasteiger partial charge in [0.05, 0.1) is 6.54 Å². The molecule has 134 valence electrons. The second kappa shape index (κ2) is 9.01. The molecule has 2 aromatic heterocycles. The number of nitrogens with zero attached hydrogens (tertiary/aromatic N) is 4. The van der Waals surface area contributed by atoms with Gasteiger partial charge in [0.2, 0.25) is 5.91 Å². The molecule has 0 radical (unpaired) electrons. The van der Waals surface area contributed by atoms with Gasteiger partial charge in [-0.3, -0.25) is 14.7 Å². The minimum absolute atomic E-state index is 0.142. The van der Waals surface area contributed by atoms with E-state index in [4.69, 9.17) is 0 Å². The van der Waals surface area contributed by atoms with Crippen LogP contribution in [0.3, 0.4) is 0 Å². The van der Waals surface area contributed by atoms with E-state index in [1.807, 2.05) is 19.1 Å². The van der Waals surface area contributed by atoms with E-state index < -0.39 is 0 Å². The molecular weight excluding hydrogens is 334 g/mol. The van der Waals surface area contributed by atoms with Crippen molar-refractivity contribution < 1.29 is 4.79 Å². The van der Waals surface area contributed by atoms with Gasteiger partial charge in [-0.25, -0.2) is 0 Å². The van der Waals surface area contributed by atoms with Gasteiger partial charge in [-0.15, -0.1) is 21.5 Å². The van der Waals surface area contributed by atoms with Gasteiger partial charge in [0, 0.05) is 25.4 Å². The Balaban J connectivity index is 1.31. The molecule has 1 amide bonds. The molecule has 7 heteroatoms. The molecule has 2 aromatic rings. The summed E-state index contributed by atoms with van der Waals surface area (Å²) in [6, 6.07) is 3.92. The highest BCUT2D eigenvalue weighted by molar-refractivity contribution is 7.11. The molecule has 0 spiro atoms. The zero-order valence-corrected chi connectivity index (χ0v) is 15.5. The molecule has 6 nitrogen and oxygen atoms in total. The SMILES string of the molecule is Cc1nnc(CN2CCC(CNC(=O)CCc3ccncc3)CC2)s1. The summed E-state index contributed by atoms with van der Waals surface area (Å²) >= 11 is 1.68. The van der Waals surface area contributed by atoms with Crippen molar-refractivity contribution in [3.05, 3.63) is 40.1 Å². The molecule has 0 atom stereocenters. The summed E-state index contributed by atoms with van der Waals surface area (Å²) < 4.78 is 0. The largest absolute Gasteiger partial charge is 0.356 e. The average Bonchev–Trinajstić information content (AvgIpc) is 3.05. The van der Waals surface area contributed by atoms with Crippen LogP contribution in [0.15, 0.2) is 24.5 Å². The van der Waals surface area contributed by atoms with Crippen molar-refractivity contribution in [2.45, 2.75) is 39.2 Å². The first-order valence-corrected chi connectivity index (χ1v) is 9.67. The normalized spacial score (nSPS) is 16.0. The van der Waals surface area contributed by atoms with E-state index >= 15 is 0 Å². The van der Waals surface area contributed by atoms with Crippen molar-refractivity contribution >= 4 is 17.2 Å². The third kappa shape index (κ3) is 5.86. The number of rotatable bonds is 7. The van der Waals surface area contributed by atoms with Gasteiger partial charge in [-0.1, -0.05) is 0 Å². The van der Waals surface area contributed by atoms with Crippen molar-refractivity contribution in [2.24, 2.45) is 5.92 Å². The Bertz CT molecular complexity index is 667. The molecule has 0 aromatic carbocycles. The van der Waals surface area contributed by atoms with E-state index in [-0.39, 0.29) is 5.91 Å². The van der Waals surface area contributed by atoms with E-state index in [0.717, 1.165) is 61.0 Å². The molecule has 1 fully saturated rings. The molecule has 1 aliphatic rings. The number of aryl methyl sites for hydroxylation is 2. The number of piperidine rings is 1. The first kappa shape index (κ1) is 17.9. The highest BCUT2D eigenvalue weighted by Gasteiger charge is 2.20. The maximum absolute atomic E-state index is 12.0. The Labute approximate surface area is 152 Å². The van der Waals surface area contributed by atoms with Crippen LogP contribution in [-0.2, 0) is 17.8 Å². The summed E-state index contributed by atoms with van der Waals surface area (Å²) in [7, 11) is 0. The van der Waals surface area contributed by atoms with Gasteiger partial charge in [0.15, 0.2) is 0 Å². The molecule has 0 unspecified atom stereocenters. The molecule has 0 aliphatic carbocycles. The molecule has 3 heterocycles. The molecule has 1 N–H and O–H groups in total. The number of pyridine rings is 1. The lowest BCUT2D eigenvalue weighted by molar-refractivity contribution is -0.121. The second-order valence-corrected chi connectivity index (χ2v) is 7.86. The highest BCUT2D eigenvalue weighted by Crippen LogP contribution is 2.19. The summed E-state index contributed by atoms with van der Waals surface area (Å²) in [6.45, 7) is 5.81. The quantitative estimate of drug-likeness (QED) is 0.821. The van der Waals surface area contributed by atoms with Gasteiger partial charge in [0.25, 0.3) is 0 Å². The Morgan fingerprint density at radius 2 is 2.04 bits per heavy atom. The lowest BCUT2D eigenvalue weighted by Gasteiger charge is -2.31. The number of likely N-dealkylation sites (tertiary alicyclic amines) is 1. The minimum atomic E-state index is 0.142. The number of hydrogen-bond donors (Lipinski definition) is 1. The Hall–Kier alpha value is -1.86. The molecule has 0 bridgehead atoms. The molecule has 1 saturated heterocycles. The van der Waals surface area contributed by atoms with Crippen molar-refractivity contribution in [2.75, 3.05) is 19.6 Å². The summed E-state index contributed by atoms with van der Waals surface area (Å²) in [6.07, 6.45) is 7.10. The molecule has 3 rings (SSSR count). The topological polar surface area (TPSA) is 71.0 Å². The maximum atomic E-state index is 12.0. The summed E-state index contributed by atoms with van der Waals surface area (Å²) in [5, 5.41) is 13.5. The van der Waals surface area contributed by atoms with Crippen LogP contribution < -0.4 is 5.32 Å². The van der Waals surface area contributed by atoms with Crippen LogP contribution in [0.2, 0.25) is 0 Å². The smallest absolute Gasteiger partial charge is 0.220 e. The summed E-state index contributed by atoms with van der Waals surface area (Å²) in [5.74, 6) is 0.723.